The first-order valence-electron chi connectivity index (χ1n) is 5.62. The summed E-state index contributed by atoms with van der Waals surface area (Å²) in [5.74, 6) is -0.0866. The summed E-state index contributed by atoms with van der Waals surface area (Å²) in [6, 6.07) is 8.08. The van der Waals surface area contributed by atoms with Gasteiger partial charge in [0.15, 0.2) is 0 Å². The molecule has 1 aromatic carbocycles. The smallest absolute Gasteiger partial charge is 0.253 e. The highest BCUT2D eigenvalue weighted by atomic mass is 16.5. The van der Waals surface area contributed by atoms with Crippen LogP contribution in [-0.2, 0) is 16.1 Å². The fourth-order valence-corrected chi connectivity index (χ4v) is 1.71. The van der Waals surface area contributed by atoms with Crippen molar-refractivity contribution in [3.63, 3.8) is 0 Å². The van der Waals surface area contributed by atoms with Gasteiger partial charge in [0.1, 0.15) is 6.10 Å². The van der Waals surface area contributed by atoms with E-state index in [1.54, 1.807) is 11.9 Å². The summed E-state index contributed by atoms with van der Waals surface area (Å²) < 4.78 is 5.03. The van der Waals surface area contributed by atoms with Crippen molar-refractivity contribution in [3.8, 4) is 0 Å². The first kappa shape index (κ1) is 13.7. The molecule has 2 N–H and O–H groups in total. The second-order valence-electron chi connectivity index (χ2n) is 4.14. The van der Waals surface area contributed by atoms with E-state index in [2.05, 4.69) is 6.07 Å². The van der Waals surface area contributed by atoms with Crippen LogP contribution in [0.2, 0.25) is 0 Å². The van der Waals surface area contributed by atoms with Crippen LogP contribution in [0.3, 0.4) is 0 Å². The largest absolute Gasteiger partial charge is 0.370 e. The van der Waals surface area contributed by atoms with E-state index in [0.717, 1.165) is 5.56 Å². The van der Waals surface area contributed by atoms with Crippen molar-refractivity contribution in [1.29, 1.82) is 0 Å². The van der Waals surface area contributed by atoms with E-state index < -0.39 is 6.10 Å². The number of methoxy groups -OCH3 is 1. The van der Waals surface area contributed by atoms with Crippen LogP contribution in [0.5, 0.6) is 0 Å². The summed E-state index contributed by atoms with van der Waals surface area (Å²) in [7, 11) is 3.25. The van der Waals surface area contributed by atoms with Crippen LogP contribution >= 0.6 is 0 Å². The molecule has 0 heterocycles. The topological polar surface area (TPSA) is 55.6 Å². The molecule has 94 valence electrons. The van der Waals surface area contributed by atoms with Gasteiger partial charge in [-0.15, -0.1) is 0 Å². The Balaban J connectivity index is 2.65. The van der Waals surface area contributed by atoms with E-state index in [9.17, 15) is 4.79 Å². The Bertz CT molecular complexity index is 375. The molecule has 0 spiro atoms. The summed E-state index contributed by atoms with van der Waals surface area (Å²) >= 11 is 0. The molecule has 0 saturated heterocycles. The molecule has 1 aromatic rings. The summed E-state index contributed by atoms with van der Waals surface area (Å²) in [5, 5.41) is 0. The van der Waals surface area contributed by atoms with Gasteiger partial charge < -0.3 is 15.4 Å². The molecule has 1 rings (SSSR count). The summed E-state index contributed by atoms with van der Waals surface area (Å²) in [6.07, 6.45) is -0.551. The molecule has 0 saturated carbocycles. The van der Waals surface area contributed by atoms with Gasteiger partial charge in [-0.1, -0.05) is 29.8 Å². The minimum Gasteiger partial charge on any atom is -0.370 e. The maximum atomic E-state index is 11.9. The molecule has 0 radical (unpaired) electrons. The number of carbonyl (C=O) groups is 1. The summed E-state index contributed by atoms with van der Waals surface area (Å²) in [5.41, 5.74) is 7.76. The number of likely N-dealkylation sites (N-methyl/N-ethyl adjacent to an activating group) is 1. The van der Waals surface area contributed by atoms with Crippen LogP contribution < -0.4 is 5.73 Å². The number of carbonyl (C=O) groups excluding carboxylic acids is 1. The number of rotatable bonds is 5. The molecule has 0 aliphatic carbocycles. The maximum Gasteiger partial charge on any atom is 0.253 e. The minimum absolute atomic E-state index is 0.0866. The van der Waals surface area contributed by atoms with Gasteiger partial charge >= 0.3 is 0 Å². The quantitative estimate of drug-likeness (QED) is 0.827. The highest BCUT2D eigenvalue weighted by molar-refractivity contribution is 5.80. The standard InChI is InChI=1S/C13H20N2O2/c1-10-5-4-6-11(7-10)9-15(2)13(16)12(8-14)17-3/h4-7,12H,8-9,14H2,1-3H3. The fraction of sp³-hybridized carbons (Fsp3) is 0.462. The monoisotopic (exact) mass is 236 g/mol. The average molecular weight is 236 g/mol. The van der Waals surface area contributed by atoms with Gasteiger partial charge in [0.2, 0.25) is 0 Å². The molecular formula is C13H20N2O2. The zero-order chi connectivity index (χ0) is 12.8. The van der Waals surface area contributed by atoms with Gasteiger partial charge in [-0.05, 0) is 12.5 Å². The van der Waals surface area contributed by atoms with Crippen LogP contribution in [0.4, 0.5) is 0 Å². The molecule has 1 amide bonds. The second kappa shape index (κ2) is 6.37. The first-order chi connectivity index (χ1) is 8.08. The molecular weight excluding hydrogens is 216 g/mol. The molecule has 0 aliphatic rings. The van der Waals surface area contributed by atoms with Crippen LogP contribution in [0.25, 0.3) is 0 Å². The van der Waals surface area contributed by atoms with Crippen LogP contribution in [0, 0.1) is 6.92 Å². The molecule has 0 aliphatic heterocycles. The van der Waals surface area contributed by atoms with Gasteiger partial charge in [0, 0.05) is 27.2 Å². The lowest BCUT2D eigenvalue weighted by Gasteiger charge is -2.22. The number of benzene rings is 1. The highest BCUT2D eigenvalue weighted by Gasteiger charge is 2.19. The molecule has 4 heteroatoms. The first-order valence-corrected chi connectivity index (χ1v) is 5.62. The summed E-state index contributed by atoms with van der Waals surface area (Å²) in [4.78, 5) is 13.6. The Kier molecular flexibility index (Phi) is 5.12. The number of ether oxygens (including phenoxy) is 1. The van der Waals surface area contributed by atoms with E-state index in [-0.39, 0.29) is 12.5 Å². The van der Waals surface area contributed by atoms with Crippen molar-refractivity contribution in [2.75, 3.05) is 20.7 Å². The lowest BCUT2D eigenvalue weighted by atomic mass is 10.1. The van der Waals surface area contributed by atoms with Crippen molar-refractivity contribution in [2.45, 2.75) is 19.6 Å². The molecule has 1 unspecified atom stereocenters. The number of aryl methyl sites for hydroxylation is 1. The minimum atomic E-state index is -0.551. The molecule has 1 atom stereocenters. The third-order valence-corrected chi connectivity index (χ3v) is 2.65. The van der Waals surface area contributed by atoms with E-state index in [1.807, 2.05) is 25.1 Å². The predicted octanol–water partition coefficient (Wildman–Crippen LogP) is 0.927. The Morgan fingerprint density at radius 2 is 2.24 bits per heavy atom. The van der Waals surface area contributed by atoms with Crippen LogP contribution in [0.15, 0.2) is 24.3 Å². The Labute approximate surface area is 102 Å². The normalized spacial score (nSPS) is 12.2. The zero-order valence-corrected chi connectivity index (χ0v) is 10.6. The van der Waals surface area contributed by atoms with Crippen LogP contribution in [0.1, 0.15) is 11.1 Å². The van der Waals surface area contributed by atoms with Gasteiger partial charge in [-0.3, -0.25) is 4.79 Å². The average Bonchev–Trinajstić information content (AvgIpc) is 2.30. The number of nitrogens with two attached hydrogens (primary N) is 1. The molecule has 0 fully saturated rings. The molecule has 17 heavy (non-hydrogen) atoms. The number of hydrogen-bond donors (Lipinski definition) is 1. The molecule has 0 bridgehead atoms. The SMILES string of the molecule is COC(CN)C(=O)N(C)Cc1cccc(C)c1. The number of amides is 1. The third-order valence-electron chi connectivity index (χ3n) is 2.65. The number of nitrogens with zero attached hydrogens (tertiary/aromatic N) is 1. The van der Waals surface area contributed by atoms with E-state index >= 15 is 0 Å². The third kappa shape index (κ3) is 3.84. The molecule has 4 nitrogen and oxygen atoms in total. The van der Waals surface area contributed by atoms with E-state index in [0.29, 0.717) is 6.54 Å². The van der Waals surface area contributed by atoms with Crippen molar-refractivity contribution in [3.05, 3.63) is 35.4 Å². The maximum absolute atomic E-state index is 11.9. The van der Waals surface area contributed by atoms with Gasteiger partial charge in [-0.25, -0.2) is 0 Å². The van der Waals surface area contributed by atoms with E-state index in [4.69, 9.17) is 10.5 Å². The summed E-state index contributed by atoms with van der Waals surface area (Å²) in [6.45, 7) is 2.80. The lowest BCUT2D eigenvalue weighted by Crippen LogP contribution is -2.41. The van der Waals surface area contributed by atoms with Crippen molar-refractivity contribution in [1.82, 2.24) is 4.90 Å². The van der Waals surface area contributed by atoms with Crippen molar-refractivity contribution in [2.24, 2.45) is 5.73 Å². The predicted molar refractivity (Wildman–Crippen MR) is 67.5 cm³/mol. The van der Waals surface area contributed by atoms with Gasteiger partial charge in [0.25, 0.3) is 5.91 Å². The highest BCUT2D eigenvalue weighted by Crippen LogP contribution is 2.08. The van der Waals surface area contributed by atoms with Crippen molar-refractivity contribution >= 4 is 5.91 Å². The van der Waals surface area contributed by atoms with Crippen LogP contribution in [-0.4, -0.2) is 37.6 Å². The van der Waals surface area contributed by atoms with E-state index in [1.165, 1.54) is 12.7 Å². The Hall–Kier alpha value is -1.39. The lowest BCUT2D eigenvalue weighted by molar-refractivity contribution is -0.140. The van der Waals surface area contributed by atoms with Gasteiger partial charge in [-0.2, -0.15) is 0 Å². The fourth-order valence-electron chi connectivity index (χ4n) is 1.71. The Morgan fingerprint density at radius 3 is 2.76 bits per heavy atom. The second-order valence-corrected chi connectivity index (χ2v) is 4.14. The Morgan fingerprint density at radius 1 is 1.53 bits per heavy atom. The zero-order valence-electron chi connectivity index (χ0n) is 10.6. The molecule has 0 aromatic heterocycles. The van der Waals surface area contributed by atoms with Crippen molar-refractivity contribution < 1.29 is 9.53 Å². The van der Waals surface area contributed by atoms with Gasteiger partial charge in [0.05, 0.1) is 0 Å². The number of hydrogen-bond acceptors (Lipinski definition) is 3.